The fraction of sp³-hybridized carbons (Fsp3) is 0.833. The second-order valence-corrected chi connectivity index (χ2v) is 4.02. The molecule has 1 fully saturated rings. The highest BCUT2D eigenvalue weighted by molar-refractivity contribution is 4.78. The highest BCUT2D eigenvalue weighted by atomic mass is 16.5. The van der Waals surface area contributed by atoms with Crippen LogP contribution in [0.3, 0.4) is 0 Å². The van der Waals surface area contributed by atoms with Gasteiger partial charge < -0.3 is 10.1 Å². The van der Waals surface area contributed by atoms with E-state index in [1.807, 2.05) is 6.08 Å². The van der Waals surface area contributed by atoms with Crippen LogP contribution in [0.1, 0.15) is 39.0 Å². The summed E-state index contributed by atoms with van der Waals surface area (Å²) in [4.78, 5) is 0. The lowest BCUT2D eigenvalue weighted by atomic mass is 10.0. The van der Waals surface area contributed by atoms with Crippen molar-refractivity contribution in [2.24, 2.45) is 0 Å². The summed E-state index contributed by atoms with van der Waals surface area (Å²) < 4.78 is 5.34. The van der Waals surface area contributed by atoms with Crippen LogP contribution in [0.2, 0.25) is 0 Å². The minimum Gasteiger partial charge on any atom is -0.381 e. The third kappa shape index (κ3) is 4.25. The van der Waals surface area contributed by atoms with E-state index in [0.29, 0.717) is 12.1 Å². The SMILES string of the molecule is C=CCCC(CC)NC1CCOCC1. The molecule has 0 amide bonds. The Morgan fingerprint density at radius 1 is 1.50 bits per heavy atom. The molecule has 0 aromatic heterocycles. The van der Waals surface area contributed by atoms with Crippen molar-refractivity contribution in [3.8, 4) is 0 Å². The van der Waals surface area contributed by atoms with Crippen LogP contribution in [0.4, 0.5) is 0 Å². The smallest absolute Gasteiger partial charge is 0.0480 e. The fourth-order valence-corrected chi connectivity index (χ4v) is 1.92. The molecule has 1 saturated heterocycles. The normalized spacial score (nSPS) is 20.6. The van der Waals surface area contributed by atoms with E-state index in [-0.39, 0.29) is 0 Å². The molecule has 1 atom stereocenters. The Balaban J connectivity index is 2.19. The topological polar surface area (TPSA) is 21.3 Å². The van der Waals surface area contributed by atoms with Crippen molar-refractivity contribution in [2.45, 2.75) is 51.1 Å². The summed E-state index contributed by atoms with van der Waals surface area (Å²) in [5.41, 5.74) is 0. The predicted octanol–water partition coefficient (Wildman–Crippen LogP) is 2.50. The number of ether oxygens (including phenoxy) is 1. The molecule has 0 spiro atoms. The fourth-order valence-electron chi connectivity index (χ4n) is 1.92. The van der Waals surface area contributed by atoms with Crippen LogP contribution in [0.25, 0.3) is 0 Å². The van der Waals surface area contributed by atoms with E-state index in [1.165, 1.54) is 25.7 Å². The van der Waals surface area contributed by atoms with E-state index in [1.54, 1.807) is 0 Å². The molecule has 0 aromatic carbocycles. The molecule has 0 bridgehead atoms. The van der Waals surface area contributed by atoms with Gasteiger partial charge in [-0.3, -0.25) is 0 Å². The Morgan fingerprint density at radius 2 is 2.21 bits per heavy atom. The molecule has 0 aliphatic carbocycles. The number of hydrogen-bond donors (Lipinski definition) is 1. The molecular weight excluding hydrogens is 174 g/mol. The minimum absolute atomic E-state index is 0.663. The van der Waals surface area contributed by atoms with Gasteiger partial charge in [-0.05, 0) is 32.1 Å². The first-order valence-corrected chi connectivity index (χ1v) is 5.81. The van der Waals surface area contributed by atoms with Gasteiger partial charge in [0.1, 0.15) is 0 Å². The van der Waals surface area contributed by atoms with Crippen molar-refractivity contribution in [2.75, 3.05) is 13.2 Å². The lowest BCUT2D eigenvalue weighted by Gasteiger charge is -2.28. The standard InChI is InChI=1S/C12H23NO/c1-3-5-6-11(4-2)13-12-7-9-14-10-8-12/h3,11-13H,1,4-10H2,2H3. The van der Waals surface area contributed by atoms with Gasteiger partial charge in [0.15, 0.2) is 0 Å². The van der Waals surface area contributed by atoms with E-state index in [2.05, 4.69) is 18.8 Å². The summed E-state index contributed by atoms with van der Waals surface area (Å²) in [7, 11) is 0. The van der Waals surface area contributed by atoms with Crippen molar-refractivity contribution in [1.82, 2.24) is 5.32 Å². The summed E-state index contributed by atoms with van der Waals surface area (Å²) >= 11 is 0. The van der Waals surface area contributed by atoms with Gasteiger partial charge in [0, 0.05) is 25.3 Å². The third-order valence-corrected chi connectivity index (χ3v) is 2.90. The molecule has 2 nitrogen and oxygen atoms in total. The van der Waals surface area contributed by atoms with Gasteiger partial charge in [-0.2, -0.15) is 0 Å². The Kier molecular flexibility index (Phi) is 5.88. The first kappa shape index (κ1) is 11.7. The van der Waals surface area contributed by atoms with Crippen molar-refractivity contribution in [3.05, 3.63) is 12.7 Å². The zero-order valence-electron chi connectivity index (χ0n) is 9.30. The highest BCUT2D eigenvalue weighted by Gasteiger charge is 2.16. The molecule has 1 aliphatic heterocycles. The van der Waals surface area contributed by atoms with Crippen LogP contribution in [-0.4, -0.2) is 25.3 Å². The molecule has 2 heteroatoms. The van der Waals surface area contributed by atoms with Crippen molar-refractivity contribution >= 4 is 0 Å². The van der Waals surface area contributed by atoms with Gasteiger partial charge in [-0.15, -0.1) is 6.58 Å². The Bertz CT molecular complexity index is 152. The molecule has 1 N–H and O–H groups in total. The largest absolute Gasteiger partial charge is 0.381 e. The summed E-state index contributed by atoms with van der Waals surface area (Å²) in [5.74, 6) is 0. The minimum atomic E-state index is 0.663. The Labute approximate surface area is 87.7 Å². The molecule has 1 unspecified atom stereocenters. The Morgan fingerprint density at radius 3 is 2.79 bits per heavy atom. The average molecular weight is 197 g/mol. The van der Waals surface area contributed by atoms with Crippen LogP contribution >= 0.6 is 0 Å². The number of hydrogen-bond acceptors (Lipinski definition) is 2. The molecule has 0 radical (unpaired) electrons. The lowest BCUT2D eigenvalue weighted by Crippen LogP contribution is -2.41. The second kappa shape index (κ2) is 7.02. The number of rotatable bonds is 6. The van der Waals surface area contributed by atoms with E-state index in [0.717, 1.165) is 19.6 Å². The molecule has 14 heavy (non-hydrogen) atoms. The molecule has 1 rings (SSSR count). The summed E-state index contributed by atoms with van der Waals surface area (Å²) in [5, 5.41) is 3.71. The lowest BCUT2D eigenvalue weighted by molar-refractivity contribution is 0.0744. The molecule has 0 aromatic rings. The summed E-state index contributed by atoms with van der Waals surface area (Å²) in [6, 6.07) is 1.34. The third-order valence-electron chi connectivity index (χ3n) is 2.90. The maximum Gasteiger partial charge on any atom is 0.0480 e. The van der Waals surface area contributed by atoms with Gasteiger partial charge in [-0.25, -0.2) is 0 Å². The van der Waals surface area contributed by atoms with Crippen LogP contribution in [-0.2, 0) is 4.74 Å². The van der Waals surface area contributed by atoms with E-state index in [4.69, 9.17) is 4.74 Å². The van der Waals surface area contributed by atoms with Crippen molar-refractivity contribution < 1.29 is 4.74 Å². The maximum atomic E-state index is 5.34. The summed E-state index contributed by atoms with van der Waals surface area (Å²) in [6.07, 6.45) is 7.90. The van der Waals surface area contributed by atoms with Gasteiger partial charge in [0.05, 0.1) is 0 Å². The molecule has 82 valence electrons. The molecule has 0 saturated carbocycles. The van der Waals surface area contributed by atoms with Crippen molar-refractivity contribution in [1.29, 1.82) is 0 Å². The van der Waals surface area contributed by atoms with Gasteiger partial charge in [0.25, 0.3) is 0 Å². The van der Waals surface area contributed by atoms with Gasteiger partial charge in [-0.1, -0.05) is 13.0 Å². The quantitative estimate of drug-likeness (QED) is 0.661. The highest BCUT2D eigenvalue weighted by Crippen LogP contribution is 2.10. The van der Waals surface area contributed by atoms with Gasteiger partial charge >= 0.3 is 0 Å². The van der Waals surface area contributed by atoms with Crippen LogP contribution in [0, 0.1) is 0 Å². The average Bonchev–Trinajstić information content (AvgIpc) is 2.25. The monoisotopic (exact) mass is 197 g/mol. The molecule has 1 heterocycles. The van der Waals surface area contributed by atoms with Crippen LogP contribution in [0.5, 0.6) is 0 Å². The first-order chi connectivity index (χ1) is 6.86. The number of nitrogens with one attached hydrogen (secondary N) is 1. The zero-order valence-corrected chi connectivity index (χ0v) is 9.30. The van der Waals surface area contributed by atoms with E-state index in [9.17, 15) is 0 Å². The predicted molar refractivity (Wildman–Crippen MR) is 60.5 cm³/mol. The zero-order chi connectivity index (χ0) is 10.2. The Hall–Kier alpha value is -0.340. The summed E-state index contributed by atoms with van der Waals surface area (Å²) in [6.45, 7) is 7.87. The van der Waals surface area contributed by atoms with Crippen molar-refractivity contribution in [3.63, 3.8) is 0 Å². The first-order valence-electron chi connectivity index (χ1n) is 5.81. The maximum absolute atomic E-state index is 5.34. The molecular formula is C12H23NO. The molecule has 1 aliphatic rings. The van der Waals surface area contributed by atoms with E-state index < -0.39 is 0 Å². The van der Waals surface area contributed by atoms with Crippen LogP contribution < -0.4 is 5.32 Å². The second-order valence-electron chi connectivity index (χ2n) is 4.02. The van der Waals surface area contributed by atoms with Gasteiger partial charge in [0.2, 0.25) is 0 Å². The van der Waals surface area contributed by atoms with E-state index >= 15 is 0 Å². The number of allylic oxidation sites excluding steroid dienone is 1. The van der Waals surface area contributed by atoms with Crippen LogP contribution in [0.15, 0.2) is 12.7 Å².